The number of nitrogens with one attached hydrogen (secondary N) is 1. The maximum atomic E-state index is 12.4. The van der Waals surface area contributed by atoms with Crippen LogP contribution in [0.3, 0.4) is 0 Å². The van der Waals surface area contributed by atoms with Crippen molar-refractivity contribution in [1.29, 1.82) is 0 Å². The number of carbonyl (C=O) groups is 1. The van der Waals surface area contributed by atoms with Gasteiger partial charge in [-0.15, -0.1) is 0 Å². The molecule has 0 saturated carbocycles. The van der Waals surface area contributed by atoms with Gasteiger partial charge in [0.2, 0.25) is 18.4 Å². The molecular weight excluding hydrogens is 438 g/mol. The number of aromatic nitrogens is 1. The second kappa shape index (κ2) is 9.41. The molecule has 4 heterocycles. The number of methoxy groups -OCH3 is 1. The number of benzene rings is 1. The van der Waals surface area contributed by atoms with Gasteiger partial charge in [0, 0.05) is 38.1 Å². The molecule has 1 N–H and O–H groups in total. The molecule has 0 radical (unpaired) electrons. The number of carbonyl (C=O) groups excluding carboxylic acids is 1. The van der Waals surface area contributed by atoms with E-state index in [9.17, 15) is 4.79 Å². The van der Waals surface area contributed by atoms with Gasteiger partial charge in [-0.05, 0) is 70.1 Å². The lowest BCUT2D eigenvalue weighted by molar-refractivity contribution is -0.120. The van der Waals surface area contributed by atoms with E-state index in [4.69, 9.17) is 14.2 Å². The van der Waals surface area contributed by atoms with Gasteiger partial charge in [0.05, 0.1) is 13.5 Å². The van der Waals surface area contributed by atoms with Crippen LogP contribution >= 0.6 is 11.3 Å². The van der Waals surface area contributed by atoms with Crippen molar-refractivity contribution in [2.75, 3.05) is 20.4 Å². The predicted octanol–water partition coefficient (Wildman–Crippen LogP) is 3.61. The molecule has 2 aliphatic rings. The van der Waals surface area contributed by atoms with Gasteiger partial charge in [0.15, 0.2) is 11.5 Å². The SMILES string of the molecule is COc1cc(CN2CCc3c(cnc(C)c3CNC(=O)Cc3ccsc3)C2)cc2c1OCO2. The molecule has 0 saturated heterocycles. The fraction of sp³-hybridized carbons (Fsp3) is 0.360. The van der Waals surface area contributed by atoms with Crippen molar-refractivity contribution in [2.24, 2.45) is 0 Å². The van der Waals surface area contributed by atoms with Crippen LogP contribution < -0.4 is 19.5 Å². The van der Waals surface area contributed by atoms with Crippen molar-refractivity contribution >= 4 is 17.2 Å². The predicted molar refractivity (Wildman–Crippen MR) is 126 cm³/mol. The molecule has 1 amide bonds. The van der Waals surface area contributed by atoms with Crippen LogP contribution in [-0.2, 0) is 37.3 Å². The molecule has 0 unspecified atom stereocenters. The summed E-state index contributed by atoms with van der Waals surface area (Å²) in [5.74, 6) is 2.16. The molecule has 0 spiro atoms. The summed E-state index contributed by atoms with van der Waals surface area (Å²) >= 11 is 1.61. The number of amides is 1. The van der Waals surface area contributed by atoms with Gasteiger partial charge in [-0.3, -0.25) is 14.7 Å². The lowest BCUT2D eigenvalue weighted by atomic mass is 9.94. The summed E-state index contributed by atoms with van der Waals surface area (Å²) in [6.07, 6.45) is 3.32. The zero-order valence-electron chi connectivity index (χ0n) is 18.8. The molecule has 3 aromatic rings. The molecule has 5 rings (SSSR count). The Morgan fingerprint density at radius 3 is 3.03 bits per heavy atom. The van der Waals surface area contributed by atoms with E-state index >= 15 is 0 Å². The molecule has 0 atom stereocenters. The first-order chi connectivity index (χ1) is 16.1. The van der Waals surface area contributed by atoms with Crippen molar-refractivity contribution < 1.29 is 19.0 Å². The number of hydrogen-bond acceptors (Lipinski definition) is 7. The van der Waals surface area contributed by atoms with Crippen LogP contribution in [0.25, 0.3) is 0 Å². The second-order valence-electron chi connectivity index (χ2n) is 8.40. The minimum atomic E-state index is 0.0413. The van der Waals surface area contributed by atoms with E-state index in [0.29, 0.717) is 24.5 Å². The van der Waals surface area contributed by atoms with Crippen molar-refractivity contribution in [1.82, 2.24) is 15.2 Å². The van der Waals surface area contributed by atoms with Crippen molar-refractivity contribution in [2.45, 2.75) is 39.4 Å². The number of thiophene rings is 1. The van der Waals surface area contributed by atoms with E-state index in [1.54, 1.807) is 18.4 Å². The van der Waals surface area contributed by atoms with E-state index < -0.39 is 0 Å². The maximum absolute atomic E-state index is 12.4. The monoisotopic (exact) mass is 465 g/mol. The number of pyridine rings is 1. The molecule has 7 nitrogen and oxygen atoms in total. The third-order valence-electron chi connectivity index (χ3n) is 6.21. The summed E-state index contributed by atoms with van der Waals surface area (Å²) < 4.78 is 16.6. The fourth-order valence-electron chi connectivity index (χ4n) is 4.51. The van der Waals surface area contributed by atoms with Gasteiger partial charge < -0.3 is 19.5 Å². The smallest absolute Gasteiger partial charge is 0.231 e. The zero-order valence-corrected chi connectivity index (χ0v) is 19.7. The van der Waals surface area contributed by atoms with E-state index in [-0.39, 0.29) is 12.7 Å². The van der Waals surface area contributed by atoms with Crippen molar-refractivity contribution in [3.05, 3.63) is 68.7 Å². The lowest BCUT2D eigenvalue weighted by Crippen LogP contribution is -2.32. The first kappa shape index (κ1) is 21.7. The van der Waals surface area contributed by atoms with Crippen LogP contribution in [0.15, 0.2) is 35.2 Å². The Morgan fingerprint density at radius 2 is 2.21 bits per heavy atom. The molecule has 172 valence electrons. The van der Waals surface area contributed by atoms with E-state index in [1.807, 2.05) is 42.1 Å². The molecule has 2 aliphatic heterocycles. The van der Waals surface area contributed by atoms with Crippen LogP contribution in [0.1, 0.15) is 33.5 Å². The number of nitrogens with zero attached hydrogens (tertiary/aromatic N) is 2. The summed E-state index contributed by atoms with van der Waals surface area (Å²) in [7, 11) is 1.65. The van der Waals surface area contributed by atoms with Gasteiger partial charge in [0.1, 0.15) is 0 Å². The summed E-state index contributed by atoms with van der Waals surface area (Å²) in [5, 5.41) is 7.10. The molecule has 33 heavy (non-hydrogen) atoms. The minimum Gasteiger partial charge on any atom is -0.493 e. The quantitative estimate of drug-likeness (QED) is 0.575. The highest BCUT2D eigenvalue weighted by Gasteiger charge is 2.24. The normalized spacial score (nSPS) is 14.7. The summed E-state index contributed by atoms with van der Waals surface area (Å²) in [6, 6.07) is 6.04. The summed E-state index contributed by atoms with van der Waals surface area (Å²) in [5.41, 5.74) is 6.85. The van der Waals surface area contributed by atoms with Crippen molar-refractivity contribution in [3.63, 3.8) is 0 Å². The summed E-state index contributed by atoms with van der Waals surface area (Å²) in [4.78, 5) is 19.4. The standard InChI is InChI=1S/C25H27N3O4S/c1-16-21(11-27-24(29)9-17-4-6-33-14-17)20-3-5-28(13-19(20)10-26-16)12-18-7-22(30-2)25-23(8-18)31-15-32-25/h4,6-8,10,14H,3,5,9,11-13,15H2,1-2H3,(H,27,29). The Balaban J connectivity index is 1.27. The third-order valence-corrected chi connectivity index (χ3v) is 6.94. The zero-order chi connectivity index (χ0) is 22.8. The van der Waals surface area contributed by atoms with Crippen LogP contribution in [0, 0.1) is 6.92 Å². The number of aryl methyl sites for hydroxylation is 1. The Kier molecular flexibility index (Phi) is 6.20. The first-order valence-corrected chi connectivity index (χ1v) is 12.0. The van der Waals surface area contributed by atoms with E-state index in [0.717, 1.165) is 54.2 Å². The van der Waals surface area contributed by atoms with Gasteiger partial charge in [-0.1, -0.05) is 0 Å². The van der Waals surface area contributed by atoms with Gasteiger partial charge in [0.25, 0.3) is 0 Å². The number of fused-ring (bicyclic) bond motifs is 2. The Bertz CT molecular complexity index is 1160. The Hall–Kier alpha value is -3.10. The number of ether oxygens (including phenoxy) is 3. The second-order valence-corrected chi connectivity index (χ2v) is 9.18. The lowest BCUT2D eigenvalue weighted by Gasteiger charge is -2.30. The van der Waals surface area contributed by atoms with Gasteiger partial charge in [-0.25, -0.2) is 0 Å². The average molecular weight is 466 g/mol. The van der Waals surface area contributed by atoms with Crippen molar-refractivity contribution in [3.8, 4) is 17.2 Å². The highest BCUT2D eigenvalue weighted by molar-refractivity contribution is 7.08. The van der Waals surface area contributed by atoms with Gasteiger partial charge in [-0.2, -0.15) is 11.3 Å². The fourth-order valence-corrected chi connectivity index (χ4v) is 5.18. The molecule has 8 heteroatoms. The Morgan fingerprint density at radius 1 is 1.30 bits per heavy atom. The highest BCUT2D eigenvalue weighted by Crippen LogP contribution is 2.42. The van der Waals surface area contributed by atoms with Crippen LogP contribution in [0.4, 0.5) is 0 Å². The Labute approximate surface area is 197 Å². The third kappa shape index (κ3) is 4.67. The van der Waals surface area contributed by atoms with Crippen LogP contribution in [0.5, 0.6) is 17.2 Å². The minimum absolute atomic E-state index is 0.0413. The average Bonchev–Trinajstić information content (AvgIpc) is 3.50. The van der Waals surface area contributed by atoms with Crippen LogP contribution in [0.2, 0.25) is 0 Å². The first-order valence-electron chi connectivity index (χ1n) is 11.0. The molecule has 2 aromatic heterocycles. The molecule has 0 fully saturated rings. The molecule has 0 aliphatic carbocycles. The van der Waals surface area contributed by atoms with E-state index in [1.165, 1.54) is 11.1 Å². The number of rotatable bonds is 7. The topological polar surface area (TPSA) is 72.9 Å². The molecular formula is C25H27N3O4S. The number of hydrogen-bond donors (Lipinski definition) is 1. The maximum Gasteiger partial charge on any atom is 0.231 e. The molecule has 1 aromatic carbocycles. The van der Waals surface area contributed by atoms with Gasteiger partial charge >= 0.3 is 0 Å². The van der Waals surface area contributed by atoms with E-state index in [2.05, 4.69) is 15.2 Å². The highest BCUT2D eigenvalue weighted by atomic mass is 32.1. The largest absolute Gasteiger partial charge is 0.493 e. The summed E-state index contributed by atoms with van der Waals surface area (Å²) in [6.45, 7) is 5.30. The van der Waals surface area contributed by atoms with Crippen LogP contribution in [-0.4, -0.2) is 36.2 Å². The molecule has 0 bridgehead atoms.